The first-order valence-corrected chi connectivity index (χ1v) is 9.22. The van der Waals surface area contributed by atoms with Crippen LogP contribution in [-0.4, -0.2) is 42.2 Å². The Morgan fingerprint density at radius 1 is 1.12 bits per heavy atom. The maximum absolute atomic E-state index is 12.8. The fourth-order valence-electron chi connectivity index (χ4n) is 3.87. The van der Waals surface area contributed by atoms with Crippen molar-refractivity contribution < 1.29 is 14.6 Å². The molecular weight excluding hydrogens is 326 g/mol. The van der Waals surface area contributed by atoms with Crippen LogP contribution in [0, 0.1) is 13.8 Å². The summed E-state index contributed by atoms with van der Waals surface area (Å²) in [6.07, 6.45) is 2.96. The van der Waals surface area contributed by atoms with E-state index in [9.17, 15) is 9.90 Å². The van der Waals surface area contributed by atoms with Gasteiger partial charge in [-0.1, -0.05) is 12.1 Å². The van der Waals surface area contributed by atoms with Gasteiger partial charge in [0.15, 0.2) is 0 Å². The number of methoxy groups -OCH3 is 1. The molecule has 0 bridgehead atoms. The lowest BCUT2D eigenvalue weighted by molar-refractivity contribution is 0.0503. The van der Waals surface area contributed by atoms with Crippen molar-refractivity contribution in [3.8, 4) is 16.9 Å². The first-order chi connectivity index (χ1) is 12.5. The highest BCUT2D eigenvalue weighted by atomic mass is 16.5. The molecule has 0 unspecified atom stereocenters. The van der Waals surface area contributed by atoms with E-state index in [2.05, 4.69) is 12.1 Å². The molecule has 1 atom stereocenters. The number of hydrogen-bond acceptors (Lipinski definition) is 3. The summed E-state index contributed by atoms with van der Waals surface area (Å²) in [5.74, 6) is 0.929. The molecule has 2 aromatic rings. The summed E-state index contributed by atoms with van der Waals surface area (Å²) >= 11 is 0. The fourth-order valence-corrected chi connectivity index (χ4v) is 3.87. The zero-order chi connectivity index (χ0) is 18.7. The SMILES string of the molecule is COc1c(C)cc(-c2ccc(C(=O)N3CCCC[C@@H]3CO)cc2)cc1C. The van der Waals surface area contributed by atoms with Gasteiger partial charge in [0.05, 0.1) is 19.8 Å². The van der Waals surface area contributed by atoms with Gasteiger partial charge in [-0.15, -0.1) is 0 Å². The molecule has 0 spiro atoms. The van der Waals surface area contributed by atoms with Gasteiger partial charge in [-0.25, -0.2) is 0 Å². The van der Waals surface area contributed by atoms with Gasteiger partial charge in [-0.2, -0.15) is 0 Å². The van der Waals surface area contributed by atoms with Crippen molar-refractivity contribution in [2.75, 3.05) is 20.3 Å². The Labute approximate surface area is 155 Å². The van der Waals surface area contributed by atoms with Crippen LogP contribution >= 0.6 is 0 Å². The Hall–Kier alpha value is -2.33. The largest absolute Gasteiger partial charge is 0.496 e. The molecule has 1 aliphatic heterocycles. The second kappa shape index (κ2) is 7.92. The predicted molar refractivity (Wildman–Crippen MR) is 104 cm³/mol. The van der Waals surface area contributed by atoms with E-state index in [1.807, 2.05) is 43.0 Å². The van der Waals surface area contributed by atoms with Crippen molar-refractivity contribution in [3.05, 3.63) is 53.1 Å². The average molecular weight is 353 g/mol. The number of carbonyl (C=O) groups excluding carboxylic acids is 1. The minimum atomic E-state index is -0.0530. The first kappa shape index (κ1) is 18.5. The lowest BCUT2D eigenvalue weighted by Gasteiger charge is -2.34. The zero-order valence-electron chi connectivity index (χ0n) is 15.8. The minimum Gasteiger partial charge on any atom is -0.496 e. The fraction of sp³-hybridized carbons (Fsp3) is 0.409. The number of likely N-dealkylation sites (tertiary alicyclic amines) is 1. The smallest absolute Gasteiger partial charge is 0.254 e. The van der Waals surface area contributed by atoms with E-state index in [1.165, 1.54) is 0 Å². The third kappa shape index (κ3) is 3.61. The predicted octanol–water partition coefficient (Wildman–Crippen LogP) is 3.97. The number of rotatable bonds is 4. The van der Waals surface area contributed by atoms with Crippen molar-refractivity contribution in [1.29, 1.82) is 0 Å². The molecule has 26 heavy (non-hydrogen) atoms. The van der Waals surface area contributed by atoms with Crippen molar-refractivity contribution in [3.63, 3.8) is 0 Å². The molecular formula is C22H27NO3. The van der Waals surface area contributed by atoms with Crippen LogP contribution in [0.1, 0.15) is 40.7 Å². The Bertz CT molecular complexity index is 759. The van der Waals surface area contributed by atoms with Crippen molar-refractivity contribution >= 4 is 5.91 Å². The summed E-state index contributed by atoms with van der Waals surface area (Å²) in [6, 6.07) is 11.9. The third-order valence-electron chi connectivity index (χ3n) is 5.23. The van der Waals surface area contributed by atoms with Gasteiger partial charge in [-0.3, -0.25) is 4.79 Å². The van der Waals surface area contributed by atoms with Crippen LogP contribution in [0.4, 0.5) is 0 Å². The number of aryl methyl sites for hydroxylation is 2. The van der Waals surface area contributed by atoms with E-state index >= 15 is 0 Å². The number of benzene rings is 2. The molecule has 1 saturated heterocycles. The van der Waals surface area contributed by atoms with E-state index < -0.39 is 0 Å². The summed E-state index contributed by atoms with van der Waals surface area (Å²) in [6.45, 7) is 4.84. The van der Waals surface area contributed by atoms with Crippen molar-refractivity contribution in [1.82, 2.24) is 4.90 Å². The average Bonchev–Trinajstić information content (AvgIpc) is 2.67. The molecule has 1 aliphatic rings. The van der Waals surface area contributed by atoms with Gasteiger partial charge >= 0.3 is 0 Å². The molecule has 1 amide bonds. The highest BCUT2D eigenvalue weighted by Crippen LogP contribution is 2.30. The molecule has 0 aliphatic carbocycles. The lowest BCUT2D eigenvalue weighted by atomic mass is 9.97. The Morgan fingerprint density at radius 2 is 1.77 bits per heavy atom. The van der Waals surface area contributed by atoms with Gasteiger partial charge in [-0.05, 0) is 79.6 Å². The highest BCUT2D eigenvalue weighted by molar-refractivity contribution is 5.95. The number of nitrogens with zero attached hydrogens (tertiary/aromatic N) is 1. The van der Waals surface area contributed by atoms with Crippen molar-refractivity contribution in [2.24, 2.45) is 0 Å². The third-order valence-corrected chi connectivity index (χ3v) is 5.23. The molecule has 1 heterocycles. The molecule has 0 saturated carbocycles. The number of amides is 1. The number of ether oxygens (including phenoxy) is 1. The standard InChI is InChI=1S/C22H27NO3/c1-15-12-19(13-16(2)21(15)26-3)17-7-9-18(10-8-17)22(25)23-11-5-4-6-20(23)14-24/h7-10,12-13,20,24H,4-6,11,14H2,1-3H3/t20-/m1/s1. The maximum Gasteiger partial charge on any atom is 0.254 e. The molecule has 1 N–H and O–H groups in total. The summed E-state index contributed by atoms with van der Waals surface area (Å²) in [5, 5.41) is 9.54. The van der Waals surface area contributed by atoms with Crippen LogP contribution in [0.25, 0.3) is 11.1 Å². The molecule has 1 fully saturated rings. The molecule has 4 nitrogen and oxygen atoms in total. The Balaban J connectivity index is 1.83. The van der Waals surface area contributed by atoms with Crippen LogP contribution in [0.15, 0.2) is 36.4 Å². The summed E-state index contributed by atoms with van der Waals surface area (Å²) in [7, 11) is 1.69. The van der Waals surface area contributed by atoms with Crippen LogP contribution in [0.5, 0.6) is 5.75 Å². The topological polar surface area (TPSA) is 49.8 Å². The number of aliphatic hydroxyl groups is 1. The molecule has 4 heteroatoms. The van der Waals surface area contributed by atoms with Gasteiger partial charge < -0.3 is 14.7 Å². The Morgan fingerprint density at radius 3 is 2.35 bits per heavy atom. The summed E-state index contributed by atoms with van der Waals surface area (Å²) < 4.78 is 5.43. The second-order valence-corrected chi connectivity index (χ2v) is 7.05. The monoisotopic (exact) mass is 353 g/mol. The Kier molecular flexibility index (Phi) is 5.62. The highest BCUT2D eigenvalue weighted by Gasteiger charge is 2.26. The molecule has 2 aromatic carbocycles. The lowest BCUT2D eigenvalue weighted by Crippen LogP contribution is -2.45. The summed E-state index contributed by atoms with van der Waals surface area (Å²) in [4.78, 5) is 14.6. The minimum absolute atomic E-state index is 0.0115. The zero-order valence-corrected chi connectivity index (χ0v) is 15.8. The van der Waals surface area contributed by atoms with Gasteiger partial charge in [0.25, 0.3) is 5.91 Å². The molecule has 0 radical (unpaired) electrons. The van der Waals surface area contributed by atoms with E-state index in [4.69, 9.17) is 4.74 Å². The summed E-state index contributed by atoms with van der Waals surface area (Å²) in [5.41, 5.74) is 5.07. The van der Waals surface area contributed by atoms with Gasteiger partial charge in [0.1, 0.15) is 5.75 Å². The number of carbonyl (C=O) groups is 1. The van der Waals surface area contributed by atoms with Gasteiger partial charge in [0, 0.05) is 12.1 Å². The molecule has 138 valence electrons. The van der Waals surface area contributed by atoms with Crippen LogP contribution < -0.4 is 4.74 Å². The number of aliphatic hydroxyl groups excluding tert-OH is 1. The molecule has 0 aromatic heterocycles. The normalized spacial score (nSPS) is 17.2. The van der Waals surface area contributed by atoms with E-state index in [0.717, 1.165) is 53.8 Å². The van der Waals surface area contributed by atoms with E-state index in [-0.39, 0.29) is 18.6 Å². The van der Waals surface area contributed by atoms with Gasteiger partial charge in [0.2, 0.25) is 0 Å². The number of piperidine rings is 1. The van der Waals surface area contributed by atoms with Crippen LogP contribution in [-0.2, 0) is 0 Å². The van der Waals surface area contributed by atoms with Crippen LogP contribution in [0.2, 0.25) is 0 Å². The van der Waals surface area contributed by atoms with E-state index in [1.54, 1.807) is 7.11 Å². The molecule has 3 rings (SSSR count). The van der Waals surface area contributed by atoms with Crippen LogP contribution in [0.3, 0.4) is 0 Å². The van der Waals surface area contributed by atoms with Crippen molar-refractivity contribution in [2.45, 2.75) is 39.2 Å². The number of hydrogen-bond donors (Lipinski definition) is 1. The van der Waals surface area contributed by atoms with E-state index in [0.29, 0.717) is 5.56 Å². The quantitative estimate of drug-likeness (QED) is 0.905. The second-order valence-electron chi connectivity index (χ2n) is 7.05. The maximum atomic E-state index is 12.8. The first-order valence-electron chi connectivity index (χ1n) is 9.22.